The first-order valence-electron chi connectivity index (χ1n) is 3.61. The maximum atomic E-state index is 13.1. The number of carbonyl (C=O) groups excluding carboxylic acids is 1. The van der Waals surface area contributed by atoms with Crippen molar-refractivity contribution in [3.8, 4) is 0 Å². The van der Waals surface area contributed by atoms with Gasteiger partial charge in [0.15, 0.2) is 5.82 Å². The van der Waals surface area contributed by atoms with Crippen molar-refractivity contribution in [3.63, 3.8) is 0 Å². The minimum Gasteiger partial charge on any atom is -0.312 e. The fourth-order valence-electron chi connectivity index (χ4n) is 1.10. The van der Waals surface area contributed by atoms with Gasteiger partial charge in [-0.05, 0) is 12.1 Å². The topological polar surface area (TPSA) is 62.3 Å². The second-order valence-electron chi connectivity index (χ2n) is 2.52. The average molecular weight is 210 g/mol. The first kappa shape index (κ1) is 8.80. The molecule has 0 bridgehead atoms. The number of aliphatic imine (C=N–C) groups is 1. The molecule has 0 unspecified atom stereocenters. The molecular weight excluding hydrogens is 207 g/mol. The Labute approximate surface area is 80.7 Å². The van der Waals surface area contributed by atoms with Crippen molar-refractivity contribution in [1.82, 2.24) is 4.98 Å². The van der Waals surface area contributed by atoms with Crippen molar-refractivity contribution in [2.24, 2.45) is 4.99 Å². The first-order valence-corrected chi connectivity index (χ1v) is 4.42. The van der Waals surface area contributed by atoms with Crippen LogP contribution in [-0.2, 0) is 4.79 Å². The molecule has 6 heteroatoms. The predicted molar refractivity (Wildman–Crippen MR) is 50.2 cm³/mol. The standard InChI is InChI=1S/C8H3FN2O2S/c9-4-1-7-6(11-8(13)14-7)2-5(4)10-3-12/h1-2H,(H,11,13). The smallest absolute Gasteiger partial charge is 0.305 e. The highest BCUT2D eigenvalue weighted by atomic mass is 32.1. The van der Waals surface area contributed by atoms with Gasteiger partial charge in [-0.3, -0.25) is 4.79 Å². The summed E-state index contributed by atoms with van der Waals surface area (Å²) in [5, 5.41) is 0. The first-order chi connectivity index (χ1) is 6.70. The largest absolute Gasteiger partial charge is 0.312 e. The minimum absolute atomic E-state index is 0.124. The van der Waals surface area contributed by atoms with Gasteiger partial charge in [-0.15, -0.1) is 0 Å². The molecular formula is C8H3FN2O2S. The van der Waals surface area contributed by atoms with E-state index in [0.717, 1.165) is 17.4 Å². The summed E-state index contributed by atoms with van der Waals surface area (Å²) in [6, 6.07) is 2.46. The van der Waals surface area contributed by atoms with E-state index in [1.807, 2.05) is 0 Å². The molecule has 1 heterocycles. The Morgan fingerprint density at radius 2 is 2.29 bits per heavy atom. The third-order valence-corrected chi connectivity index (χ3v) is 2.50. The fourth-order valence-corrected chi connectivity index (χ4v) is 1.84. The van der Waals surface area contributed by atoms with Crippen molar-refractivity contribution >= 4 is 33.3 Å². The van der Waals surface area contributed by atoms with E-state index < -0.39 is 5.82 Å². The lowest BCUT2D eigenvalue weighted by Gasteiger charge is -1.93. The van der Waals surface area contributed by atoms with Gasteiger partial charge in [0, 0.05) is 0 Å². The van der Waals surface area contributed by atoms with Crippen LogP contribution in [0.4, 0.5) is 10.1 Å². The SMILES string of the molecule is O=C=Nc1cc2[nH]c(=O)sc2cc1F. The monoisotopic (exact) mass is 210 g/mol. The van der Waals surface area contributed by atoms with Gasteiger partial charge < -0.3 is 4.98 Å². The van der Waals surface area contributed by atoms with Gasteiger partial charge in [0.05, 0.1) is 10.2 Å². The molecule has 70 valence electrons. The Morgan fingerprint density at radius 3 is 3.00 bits per heavy atom. The fraction of sp³-hybridized carbons (Fsp3) is 0. The van der Waals surface area contributed by atoms with Gasteiger partial charge in [0.1, 0.15) is 5.69 Å². The number of isocyanates is 1. The lowest BCUT2D eigenvalue weighted by atomic mass is 10.3. The van der Waals surface area contributed by atoms with E-state index in [1.165, 1.54) is 12.1 Å². The van der Waals surface area contributed by atoms with Gasteiger partial charge >= 0.3 is 4.87 Å². The van der Waals surface area contributed by atoms with Crippen LogP contribution in [0.3, 0.4) is 0 Å². The highest BCUT2D eigenvalue weighted by Gasteiger charge is 2.06. The van der Waals surface area contributed by atoms with E-state index in [9.17, 15) is 14.0 Å². The van der Waals surface area contributed by atoms with Crippen LogP contribution >= 0.6 is 11.3 Å². The predicted octanol–water partition coefficient (Wildman–Crippen LogP) is 1.70. The normalized spacial score (nSPS) is 10.1. The van der Waals surface area contributed by atoms with E-state index in [4.69, 9.17) is 0 Å². The van der Waals surface area contributed by atoms with Crippen molar-refractivity contribution in [2.45, 2.75) is 0 Å². The van der Waals surface area contributed by atoms with Crippen molar-refractivity contribution in [3.05, 3.63) is 27.6 Å². The maximum absolute atomic E-state index is 13.1. The third kappa shape index (κ3) is 1.37. The highest BCUT2D eigenvalue weighted by molar-refractivity contribution is 7.16. The molecule has 0 amide bonds. The molecule has 0 aliphatic rings. The molecule has 0 aliphatic heterocycles. The number of halogens is 1. The van der Waals surface area contributed by atoms with Gasteiger partial charge in [-0.25, -0.2) is 9.18 Å². The maximum Gasteiger partial charge on any atom is 0.305 e. The number of hydrogen-bond donors (Lipinski definition) is 1. The molecule has 2 rings (SSSR count). The van der Waals surface area contributed by atoms with Crippen LogP contribution in [0.15, 0.2) is 21.9 Å². The zero-order chi connectivity index (χ0) is 10.1. The number of hydrogen-bond acceptors (Lipinski definition) is 4. The minimum atomic E-state index is -0.642. The summed E-state index contributed by atoms with van der Waals surface area (Å²) in [4.78, 5) is 26.2. The number of benzene rings is 1. The molecule has 0 saturated carbocycles. The Hall–Kier alpha value is -1.78. The average Bonchev–Trinajstić information content (AvgIpc) is 2.45. The molecule has 0 atom stereocenters. The van der Waals surface area contributed by atoms with E-state index in [2.05, 4.69) is 9.98 Å². The molecule has 14 heavy (non-hydrogen) atoms. The number of aromatic amines is 1. The van der Waals surface area contributed by atoms with Crippen LogP contribution in [0.1, 0.15) is 0 Å². The lowest BCUT2D eigenvalue weighted by molar-refractivity contribution is 0.564. The summed E-state index contributed by atoms with van der Waals surface area (Å²) in [6.07, 6.45) is 1.24. The summed E-state index contributed by atoms with van der Waals surface area (Å²) in [5.74, 6) is -0.642. The third-order valence-electron chi connectivity index (χ3n) is 1.65. The van der Waals surface area contributed by atoms with Gasteiger partial charge in [0.2, 0.25) is 6.08 Å². The van der Waals surface area contributed by atoms with Crippen molar-refractivity contribution in [1.29, 1.82) is 0 Å². The van der Waals surface area contributed by atoms with Crippen molar-refractivity contribution in [2.75, 3.05) is 0 Å². The number of nitrogens with one attached hydrogen (secondary N) is 1. The lowest BCUT2D eigenvalue weighted by Crippen LogP contribution is -1.89. The number of H-pyrrole nitrogens is 1. The number of rotatable bonds is 1. The van der Waals surface area contributed by atoms with Crippen molar-refractivity contribution < 1.29 is 9.18 Å². The Bertz CT molecular complexity index is 595. The van der Waals surface area contributed by atoms with E-state index in [0.29, 0.717) is 10.2 Å². The Morgan fingerprint density at radius 1 is 1.50 bits per heavy atom. The summed E-state index contributed by atoms with van der Waals surface area (Å²) in [5.41, 5.74) is 0.344. The molecule has 1 aromatic heterocycles. The Balaban J connectivity index is 2.82. The second-order valence-corrected chi connectivity index (χ2v) is 3.53. The van der Waals surface area contributed by atoms with Crippen LogP contribution in [0, 0.1) is 5.82 Å². The highest BCUT2D eigenvalue weighted by Crippen LogP contribution is 2.24. The summed E-state index contributed by atoms with van der Waals surface area (Å²) < 4.78 is 13.6. The van der Waals surface area contributed by atoms with Crippen LogP contribution in [-0.4, -0.2) is 11.1 Å². The quantitative estimate of drug-likeness (QED) is 0.575. The number of nitrogens with zero attached hydrogens (tertiary/aromatic N) is 1. The van der Waals surface area contributed by atoms with Crippen LogP contribution in [0.25, 0.3) is 10.2 Å². The molecule has 4 nitrogen and oxygen atoms in total. The van der Waals surface area contributed by atoms with Crippen LogP contribution in [0.2, 0.25) is 0 Å². The molecule has 2 aromatic rings. The van der Waals surface area contributed by atoms with Crippen LogP contribution in [0.5, 0.6) is 0 Å². The summed E-state index contributed by atoms with van der Waals surface area (Å²) >= 11 is 0.902. The van der Waals surface area contributed by atoms with Gasteiger partial charge in [-0.2, -0.15) is 4.99 Å². The van der Waals surface area contributed by atoms with E-state index in [1.54, 1.807) is 0 Å². The molecule has 0 saturated heterocycles. The zero-order valence-electron chi connectivity index (χ0n) is 6.70. The van der Waals surface area contributed by atoms with Gasteiger partial charge in [0.25, 0.3) is 0 Å². The summed E-state index contributed by atoms with van der Waals surface area (Å²) in [6.45, 7) is 0. The van der Waals surface area contributed by atoms with E-state index in [-0.39, 0.29) is 10.6 Å². The zero-order valence-corrected chi connectivity index (χ0v) is 7.52. The number of aromatic nitrogens is 1. The molecule has 0 spiro atoms. The second kappa shape index (κ2) is 3.17. The summed E-state index contributed by atoms with van der Waals surface area (Å²) in [7, 11) is 0. The van der Waals surface area contributed by atoms with Gasteiger partial charge in [-0.1, -0.05) is 11.3 Å². The molecule has 1 N–H and O–H groups in total. The number of fused-ring (bicyclic) bond motifs is 1. The Kier molecular flexibility index (Phi) is 1.99. The number of thiazole rings is 1. The van der Waals surface area contributed by atoms with E-state index >= 15 is 0 Å². The van der Waals surface area contributed by atoms with Crippen LogP contribution < -0.4 is 4.87 Å². The molecule has 0 fully saturated rings. The molecule has 0 aliphatic carbocycles. The molecule has 0 radical (unpaired) electrons. The molecule has 1 aromatic carbocycles.